The highest BCUT2D eigenvalue weighted by atomic mass is 32.2. The van der Waals surface area contributed by atoms with Crippen LogP contribution in [0.3, 0.4) is 0 Å². The van der Waals surface area contributed by atoms with E-state index in [1.165, 1.54) is 6.07 Å². The molecule has 0 aliphatic heterocycles. The largest absolute Gasteiger partial charge is 0.456 e. The molecule has 0 radical (unpaired) electrons. The van der Waals surface area contributed by atoms with Crippen molar-refractivity contribution in [1.29, 1.82) is 0 Å². The second-order valence-corrected chi connectivity index (χ2v) is 6.11. The molecule has 7 heteroatoms. The van der Waals surface area contributed by atoms with Gasteiger partial charge in [-0.3, -0.25) is 9.52 Å². The lowest BCUT2D eigenvalue weighted by molar-refractivity contribution is 0.0998. The van der Waals surface area contributed by atoms with Gasteiger partial charge in [-0.15, -0.1) is 0 Å². The molecule has 0 spiro atoms. The number of ether oxygens (including phenoxy) is 1. The summed E-state index contributed by atoms with van der Waals surface area (Å²) in [5, 5.41) is 0. The number of rotatable bonds is 5. The summed E-state index contributed by atoms with van der Waals surface area (Å²) in [6.07, 6.45) is 1.06. The maximum Gasteiger partial charge on any atom is 0.252 e. The van der Waals surface area contributed by atoms with Gasteiger partial charge in [0.05, 0.1) is 17.5 Å². The van der Waals surface area contributed by atoms with Crippen molar-refractivity contribution in [2.45, 2.75) is 0 Å². The Morgan fingerprint density at radius 1 is 1.14 bits per heavy atom. The van der Waals surface area contributed by atoms with Gasteiger partial charge >= 0.3 is 0 Å². The number of anilines is 1. The average Bonchev–Trinajstić information content (AvgIpc) is 2.37. The Hall–Kier alpha value is -2.54. The molecule has 0 aliphatic rings. The van der Waals surface area contributed by atoms with Crippen molar-refractivity contribution >= 4 is 21.6 Å². The predicted octanol–water partition coefficient (Wildman–Crippen LogP) is 1.95. The Morgan fingerprint density at radius 2 is 1.86 bits per heavy atom. The Labute approximate surface area is 122 Å². The summed E-state index contributed by atoms with van der Waals surface area (Å²) in [6.45, 7) is 0. The van der Waals surface area contributed by atoms with Gasteiger partial charge in [0.25, 0.3) is 5.91 Å². The highest BCUT2D eigenvalue weighted by Crippen LogP contribution is 2.27. The maximum absolute atomic E-state index is 11.3. The number of sulfonamides is 1. The fourth-order valence-electron chi connectivity index (χ4n) is 1.72. The summed E-state index contributed by atoms with van der Waals surface area (Å²) in [7, 11) is -3.37. The molecular weight excluding hydrogens is 292 g/mol. The lowest BCUT2D eigenvalue weighted by atomic mass is 10.2. The van der Waals surface area contributed by atoms with E-state index in [9.17, 15) is 13.2 Å². The van der Waals surface area contributed by atoms with E-state index < -0.39 is 15.9 Å². The van der Waals surface area contributed by atoms with Crippen LogP contribution in [0, 0.1) is 0 Å². The highest BCUT2D eigenvalue weighted by Gasteiger charge is 2.10. The number of nitrogens with one attached hydrogen (secondary N) is 1. The fourth-order valence-corrected chi connectivity index (χ4v) is 2.28. The molecule has 0 aliphatic carbocycles. The van der Waals surface area contributed by atoms with Crippen LogP contribution in [0.5, 0.6) is 11.5 Å². The zero-order valence-electron chi connectivity index (χ0n) is 11.2. The van der Waals surface area contributed by atoms with Crippen LogP contribution >= 0.6 is 0 Å². The molecule has 2 aromatic carbocycles. The standard InChI is InChI=1S/C14H14N2O4S/c1-21(18,19)16-10-5-4-6-11(9-10)20-13-8-3-2-7-12(13)14(15)17/h2-9,16H,1H3,(H2,15,17). The van der Waals surface area contributed by atoms with Gasteiger partial charge in [-0.05, 0) is 24.3 Å². The summed E-state index contributed by atoms with van der Waals surface area (Å²) >= 11 is 0. The normalized spacial score (nSPS) is 10.9. The lowest BCUT2D eigenvalue weighted by Crippen LogP contribution is -2.12. The molecule has 0 saturated carbocycles. The Kier molecular flexibility index (Phi) is 4.13. The first-order valence-corrected chi connectivity index (χ1v) is 7.89. The molecule has 1 amide bonds. The molecule has 110 valence electrons. The topological polar surface area (TPSA) is 98.5 Å². The molecule has 2 aromatic rings. The molecule has 0 unspecified atom stereocenters. The van der Waals surface area contributed by atoms with Crippen LogP contribution in [0.25, 0.3) is 0 Å². The minimum absolute atomic E-state index is 0.249. The van der Waals surface area contributed by atoms with Crippen LogP contribution in [0.4, 0.5) is 5.69 Å². The second kappa shape index (κ2) is 5.84. The number of amides is 1. The quantitative estimate of drug-likeness (QED) is 0.882. The molecule has 2 rings (SSSR count). The minimum Gasteiger partial charge on any atom is -0.456 e. The fraction of sp³-hybridized carbons (Fsp3) is 0.0714. The molecule has 3 N–H and O–H groups in total. The Balaban J connectivity index is 2.29. The third kappa shape index (κ3) is 4.22. The number of primary amides is 1. The first-order chi connectivity index (χ1) is 9.85. The van der Waals surface area contributed by atoms with Crippen LogP contribution in [0.15, 0.2) is 48.5 Å². The van der Waals surface area contributed by atoms with Gasteiger partial charge in [-0.1, -0.05) is 18.2 Å². The zero-order valence-corrected chi connectivity index (χ0v) is 12.1. The highest BCUT2D eigenvalue weighted by molar-refractivity contribution is 7.92. The van der Waals surface area contributed by atoms with Gasteiger partial charge in [0.2, 0.25) is 10.0 Å². The van der Waals surface area contributed by atoms with Gasteiger partial charge in [0.1, 0.15) is 11.5 Å². The number of hydrogen-bond donors (Lipinski definition) is 2. The average molecular weight is 306 g/mol. The van der Waals surface area contributed by atoms with E-state index >= 15 is 0 Å². The van der Waals surface area contributed by atoms with Gasteiger partial charge in [-0.25, -0.2) is 8.42 Å². The second-order valence-electron chi connectivity index (χ2n) is 4.36. The van der Waals surface area contributed by atoms with Crippen LogP contribution in [0.1, 0.15) is 10.4 Å². The maximum atomic E-state index is 11.3. The third-order valence-electron chi connectivity index (χ3n) is 2.52. The molecule has 0 aromatic heterocycles. The van der Waals surface area contributed by atoms with E-state index in [0.29, 0.717) is 17.2 Å². The van der Waals surface area contributed by atoms with E-state index in [-0.39, 0.29) is 5.56 Å². The molecule has 0 atom stereocenters. The lowest BCUT2D eigenvalue weighted by Gasteiger charge is -2.10. The molecule has 6 nitrogen and oxygen atoms in total. The summed E-state index contributed by atoms with van der Waals surface area (Å²) in [5.41, 5.74) is 5.89. The summed E-state index contributed by atoms with van der Waals surface area (Å²) in [4.78, 5) is 11.3. The molecule has 0 bridgehead atoms. The number of para-hydroxylation sites is 1. The molecule has 0 heterocycles. The van der Waals surface area contributed by atoms with Crippen LogP contribution in [0.2, 0.25) is 0 Å². The summed E-state index contributed by atoms with van der Waals surface area (Å²) in [5.74, 6) is 0.0925. The van der Waals surface area contributed by atoms with Gasteiger partial charge < -0.3 is 10.5 Å². The van der Waals surface area contributed by atoms with Crippen molar-refractivity contribution in [2.24, 2.45) is 5.73 Å². The Morgan fingerprint density at radius 3 is 2.52 bits per heavy atom. The Bertz CT molecular complexity index is 772. The first kappa shape index (κ1) is 14.9. The first-order valence-electron chi connectivity index (χ1n) is 6.00. The van der Waals surface area contributed by atoms with Gasteiger partial charge in [-0.2, -0.15) is 0 Å². The predicted molar refractivity (Wildman–Crippen MR) is 79.9 cm³/mol. The van der Waals surface area contributed by atoms with E-state index in [0.717, 1.165) is 6.26 Å². The van der Waals surface area contributed by atoms with Crippen LogP contribution in [-0.4, -0.2) is 20.6 Å². The zero-order chi connectivity index (χ0) is 15.5. The van der Waals surface area contributed by atoms with Crippen molar-refractivity contribution in [2.75, 3.05) is 11.0 Å². The van der Waals surface area contributed by atoms with Crippen molar-refractivity contribution in [3.63, 3.8) is 0 Å². The van der Waals surface area contributed by atoms with Crippen LogP contribution in [-0.2, 0) is 10.0 Å². The van der Waals surface area contributed by atoms with Crippen molar-refractivity contribution in [3.05, 3.63) is 54.1 Å². The van der Waals surface area contributed by atoms with Crippen LogP contribution < -0.4 is 15.2 Å². The molecule has 0 saturated heterocycles. The van der Waals surface area contributed by atoms with E-state index in [1.807, 2.05) is 0 Å². The van der Waals surface area contributed by atoms with E-state index in [4.69, 9.17) is 10.5 Å². The third-order valence-corrected chi connectivity index (χ3v) is 3.12. The molecular formula is C14H14N2O4S. The molecule has 21 heavy (non-hydrogen) atoms. The smallest absolute Gasteiger partial charge is 0.252 e. The SMILES string of the molecule is CS(=O)(=O)Nc1cccc(Oc2ccccc2C(N)=O)c1. The minimum atomic E-state index is -3.37. The van der Waals surface area contributed by atoms with Crippen molar-refractivity contribution in [1.82, 2.24) is 0 Å². The monoisotopic (exact) mass is 306 g/mol. The van der Waals surface area contributed by atoms with Gasteiger partial charge in [0.15, 0.2) is 0 Å². The van der Waals surface area contributed by atoms with E-state index in [1.54, 1.807) is 42.5 Å². The molecule has 0 fully saturated rings. The summed E-state index contributed by atoms with van der Waals surface area (Å²) < 4.78 is 30.3. The number of carbonyl (C=O) groups excluding carboxylic acids is 1. The number of hydrogen-bond acceptors (Lipinski definition) is 4. The summed E-state index contributed by atoms with van der Waals surface area (Å²) in [6, 6.07) is 12.9. The number of nitrogens with two attached hydrogens (primary N) is 1. The van der Waals surface area contributed by atoms with Crippen molar-refractivity contribution < 1.29 is 17.9 Å². The number of carbonyl (C=O) groups is 1. The van der Waals surface area contributed by atoms with E-state index in [2.05, 4.69) is 4.72 Å². The van der Waals surface area contributed by atoms with Gasteiger partial charge in [0, 0.05) is 6.07 Å². The number of benzene rings is 2. The van der Waals surface area contributed by atoms with Crippen molar-refractivity contribution in [3.8, 4) is 11.5 Å².